The van der Waals surface area contributed by atoms with Gasteiger partial charge in [0.15, 0.2) is 23.0 Å². The number of hydrogen-bond donors (Lipinski definition) is 2. The molecule has 2 aromatic carbocycles. The summed E-state index contributed by atoms with van der Waals surface area (Å²) in [6.07, 6.45) is 6.94. The Hall–Kier alpha value is -4.11. The van der Waals surface area contributed by atoms with Gasteiger partial charge in [0.25, 0.3) is 0 Å². The molecule has 1 heterocycles. The van der Waals surface area contributed by atoms with E-state index in [1.165, 1.54) is 49.7 Å². The molecule has 9 nitrogen and oxygen atoms in total. The van der Waals surface area contributed by atoms with Gasteiger partial charge in [0.2, 0.25) is 0 Å². The number of aromatic nitrogens is 2. The summed E-state index contributed by atoms with van der Waals surface area (Å²) in [7, 11) is 9.27. The van der Waals surface area contributed by atoms with Crippen LogP contribution < -0.4 is 41.6 Å². The largest absolute Gasteiger partial charge is 1.00 e. The van der Waals surface area contributed by atoms with Crippen molar-refractivity contribution in [2.24, 2.45) is 14.1 Å². The molecule has 0 aliphatic carbocycles. The summed E-state index contributed by atoms with van der Waals surface area (Å²) < 4.78 is 24.1. The molecule has 10 heteroatoms. The lowest BCUT2D eigenvalue weighted by Crippen LogP contribution is -3.00. The van der Waals surface area contributed by atoms with Crippen LogP contribution in [0, 0.1) is 0 Å². The number of phenolic OH excluding ortho intramolecular Hbond substituents is 2. The molecule has 0 atom stereocenters. The molecular formula is C26H29ClN2O7. The van der Waals surface area contributed by atoms with Crippen molar-refractivity contribution in [2.75, 3.05) is 28.4 Å². The van der Waals surface area contributed by atoms with Gasteiger partial charge in [0.05, 0.1) is 42.5 Å². The van der Waals surface area contributed by atoms with Gasteiger partial charge < -0.3 is 41.6 Å². The second-order valence-electron chi connectivity index (χ2n) is 7.60. The average Bonchev–Trinajstić information content (AvgIpc) is 2.85. The SMILES string of the molecule is COc1cc(O)c(OC)c(/C=C/c2cc(/C=C/c3cc(OC)cc(O)c3OC)[n+](C)c(=O)n2C)c1.[Cl-]. The molecule has 192 valence electrons. The quantitative estimate of drug-likeness (QED) is 0.406. The Labute approximate surface area is 215 Å². The van der Waals surface area contributed by atoms with Crippen LogP contribution in [0.15, 0.2) is 35.1 Å². The van der Waals surface area contributed by atoms with E-state index < -0.39 is 0 Å². The number of ether oxygens (including phenoxy) is 4. The summed E-state index contributed by atoms with van der Waals surface area (Å²) >= 11 is 0. The Bertz CT molecular complexity index is 1260. The van der Waals surface area contributed by atoms with Crippen LogP contribution in [0.5, 0.6) is 34.5 Å². The number of rotatable bonds is 8. The summed E-state index contributed by atoms with van der Waals surface area (Å²) in [5.41, 5.74) is 2.14. The number of phenols is 2. The van der Waals surface area contributed by atoms with Gasteiger partial charge in [-0.2, -0.15) is 13.9 Å². The van der Waals surface area contributed by atoms with E-state index in [2.05, 4.69) is 0 Å². The minimum Gasteiger partial charge on any atom is -1.00 e. The minimum absolute atomic E-state index is 0. The summed E-state index contributed by atoms with van der Waals surface area (Å²) in [5, 5.41) is 20.4. The summed E-state index contributed by atoms with van der Waals surface area (Å²) in [4.78, 5) is 12.9. The molecule has 0 saturated carbocycles. The standard InChI is InChI=1S/C26H28N2O7.ClH/c1-27-18(9-7-16-11-20(32-3)14-22(29)24(16)34-5)13-19(28(2)26(27)31)10-8-17-12-21(33-4)15-23(30)25(17)35-6;/h7-15H,1-6H3,(H-,29,30);1H/b9-7+,10-8+;. The number of hydrogen-bond acceptors (Lipinski definition) is 7. The first kappa shape index (κ1) is 28.1. The zero-order valence-corrected chi connectivity index (χ0v) is 21.7. The predicted molar refractivity (Wildman–Crippen MR) is 133 cm³/mol. The van der Waals surface area contributed by atoms with Crippen molar-refractivity contribution < 1.29 is 46.1 Å². The van der Waals surface area contributed by atoms with Gasteiger partial charge in [0.1, 0.15) is 22.9 Å². The molecule has 36 heavy (non-hydrogen) atoms. The van der Waals surface area contributed by atoms with Gasteiger partial charge in [-0.3, -0.25) is 0 Å². The monoisotopic (exact) mass is 516 g/mol. The highest BCUT2D eigenvalue weighted by molar-refractivity contribution is 5.77. The van der Waals surface area contributed by atoms with Crippen LogP contribution in [0.1, 0.15) is 22.5 Å². The van der Waals surface area contributed by atoms with E-state index in [1.54, 1.807) is 50.5 Å². The maximum absolute atomic E-state index is 12.9. The number of aromatic hydroxyl groups is 2. The van der Waals surface area contributed by atoms with Crippen LogP contribution in [0.25, 0.3) is 24.3 Å². The summed E-state index contributed by atoms with van der Waals surface area (Å²) in [6, 6.07) is 8.19. The molecule has 0 amide bonds. The maximum Gasteiger partial charge on any atom is 0.498 e. The van der Waals surface area contributed by atoms with E-state index in [0.717, 1.165) is 0 Å². The van der Waals surface area contributed by atoms with Crippen molar-refractivity contribution in [1.29, 1.82) is 0 Å². The number of nitrogens with zero attached hydrogens (tertiary/aromatic N) is 2. The molecule has 0 spiro atoms. The van der Waals surface area contributed by atoms with E-state index in [1.807, 2.05) is 6.07 Å². The van der Waals surface area contributed by atoms with Crippen LogP contribution in [-0.4, -0.2) is 43.2 Å². The fourth-order valence-electron chi connectivity index (χ4n) is 3.61. The van der Waals surface area contributed by atoms with Crippen molar-refractivity contribution in [3.05, 3.63) is 63.3 Å². The van der Waals surface area contributed by atoms with Gasteiger partial charge in [-0.25, -0.2) is 0 Å². The first-order chi connectivity index (χ1) is 16.7. The Morgan fingerprint density at radius 2 is 1.22 bits per heavy atom. The topological polar surface area (TPSA) is 103 Å². The lowest BCUT2D eigenvalue weighted by molar-refractivity contribution is -0.692. The first-order valence-electron chi connectivity index (χ1n) is 10.6. The van der Waals surface area contributed by atoms with Crippen LogP contribution >= 0.6 is 0 Å². The van der Waals surface area contributed by atoms with Crippen LogP contribution in [0.4, 0.5) is 0 Å². The van der Waals surface area contributed by atoms with E-state index in [9.17, 15) is 15.0 Å². The third kappa shape index (κ3) is 5.75. The lowest BCUT2D eigenvalue weighted by Gasteiger charge is -2.10. The van der Waals surface area contributed by atoms with E-state index >= 15 is 0 Å². The average molecular weight is 517 g/mol. The molecule has 1 aromatic heterocycles. The first-order valence-corrected chi connectivity index (χ1v) is 10.6. The fraction of sp³-hybridized carbons (Fsp3) is 0.231. The van der Waals surface area contributed by atoms with Gasteiger partial charge >= 0.3 is 5.69 Å². The number of benzene rings is 2. The Morgan fingerprint density at radius 3 is 1.67 bits per heavy atom. The fourth-order valence-corrected chi connectivity index (χ4v) is 3.61. The molecule has 0 aliphatic rings. The van der Waals surface area contributed by atoms with E-state index in [-0.39, 0.29) is 29.6 Å². The van der Waals surface area contributed by atoms with Gasteiger partial charge in [-0.15, -0.1) is 0 Å². The molecule has 0 aliphatic heterocycles. The van der Waals surface area contributed by atoms with E-state index in [0.29, 0.717) is 45.5 Å². The maximum atomic E-state index is 12.9. The predicted octanol–water partition coefficient (Wildman–Crippen LogP) is 0.000200. The number of methoxy groups -OCH3 is 4. The number of halogens is 1. The molecule has 0 unspecified atom stereocenters. The lowest BCUT2D eigenvalue weighted by atomic mass is 10.1. The molecule has 3 rings (SSSR count). The van der Waals surface area contributed by atoms with Crippen LogP contribution in [0.3, 0.4) is 0 Å². The molecule has 0 bridgehead atoms. The van der Waals surface area contributed by atoms with E-state index in [4.69, 9.17) is 18.9 Å². The highest BCUT2D eigenvalue weighted by Gasteiger charge is 2.15. The van der Waals surface area contributed by atoms with Crippen molar-refractivity contribution in [3.63, 3.8) is 0 Å². The summed E-state index contributed by atoms with van der Waals surface area (Å²) in [6.45, 7) is 0. The Kier molecular flexibility index (Phi) is 9.40. The molecule has 3 aromatic rings. The van der Waals surface area contributed by atoms with Gasteiger partial charge in [0, 0.05) is 29.3 Å². The van der Waals surface area contributed by atoms with Crippen LogP contribution in [0.2, 0.25) is 0 Å². The molecular weight excluding hydrogens is 488 g/mol. The molecule has 2 N–H and O–H groups in total. The Morgan fingerprint density at radius 1 is 0.750 bits per heavy atom. The van der Waals surface area contributed by atoms with Crippen LogP contribution in [-0.2, 0) is 14.1 Å². The van der Waals surface area contributed by atoms with Crippen molar-refractivity contribution in [2.45, 2.75) is 0 Å². The zero-order valence-electron chi connectivity index (χ0n) is 20.9. The normalized spacial score (nSPS) is 10.9. The smallest absolute Gasteiger partial charge is 0.498 e. The minimum atomic E-state index is -0.243. The Balaban J connectivity index is 0.00000456. The summed E-state index contributed by atoms with van der Waals surface area (Å²) in [5.74, 6) is 1.40. The third-order valence-electron chi connectivity index (χ3n) is 5.53. The van der Waals surface area contributed by atoms with Crippen molar-refractivity contribution in [3.8, 4) is 34.5 Å². The molecule has 0 saturated heterocycles. The van der Waals surface area contributed by atoms with Gasteiger partial charge in [-0.05, 0) is 36.4 Å². The van der Waals surface area contributed by atoms with Crippen molar-refractivity contribution >= 4 is 24.3 Å². The molecule has 0 radical (unpaired) electrons. The zero-order chi connectivity index (χ0) is 25.7. The van der Waals surface area contributed by atoms with Crippen molar-refractivity contribution in [1.82, 2.24) is 4.57 Å². The highest BCUT2D eigenvalue weighted by atomic mass is 35.5. The second-order valence-corrected chi connectivity index (χ2v) is 7.60. The molecule has 0 fully saturated rings. The van der Waals surface area contributed by atoms with Gasteiger partial charge in [-0.1, -0.05) is 0 Å². The second kappa shape index (κ2) is 12.0. The third-order valence-corrected chi connectivity index (χ3v) is 5.53. The highest BCUT2D eigenvalue weighted by Crippen LogP contribution is 2.36.